The molecule has 0 saturated heterocycles. The average Bonchev–Trinajstić information content (AvgIpc) is 2.61. The summed E-state index contributed by atoms with van der Waals surface area (Å²) < 4.78 is 6.38. The molecule has 0 amide bonds. The maximum atomic E-state index is 6.38. The minimum Gasteiger partial charge on any atom is -0.378 e. The zero-order chi connectivity index (χ0) is 13.7. The number of rotatable bonds is 4. The monoisotopic (exact) mass is 330 g/mol. The van der Waals surface area contributed by atoms with Crippen molar-refractivity contribution in [2.45, 2.75) is 77.7 Å². The molecule has 0 aromatic heterocycles. The molecule has 0 bridgehead atoms. The Morgan fingerprint density at radius 3 is 2.05 bits per heavy atom. The average molecular weight is 331 g/mol. The van der Waals surface area contributed by atoms with Crippen molar-refractivity contribution >= 4 is 15.9 Å². The van der Waals surface area contributed by atoms with Gasteiger partial charge in [-0.05, 0) is 43.9 Å². The molecule has 2 atom stereocenters. The van der Waals surface area contributed by atoms with E-state index in [0.29, 0.717) is 11.5 Å². The fourth-order valence-electron chi connectivity index (χ4n) is 4.10. The number of halogens is 1. The Labute approximate surface area is 128 Å². The predicted molar refractivity (Wildman–Crippen MR) is 85.8 cm³/mol. The molecule has 2 rings (SSSR count). The molecule has 2 unspecified atom stereocenters. The quantitative estimate of drug-likeness (QED) is 0.484. The fourth-order valence-corrected chi connectivity index (χ4v) is 4.82. The van der Waals surface area contributed by atoms with E-state index in [4.69, 9.17) is 4.74 Å². The summed E-state index contributed by atoms with van der Waals surface area (Å²) in [6.07, 6.45) is 12.8. The van der Waals surface area contributed by atoms with Crippen LogP contribution in [0.1, 0.15) is 71.6 Å². The van der Waals surface area contributed by atoms with Crippen LogP contribution in [-0.2, 0) is 4.74 Å². The molecule has 1 nitrogen and oxygen atoms in total. The molecule has 0 N–H and O–H groups in total. The second-order valence-corrected chi connectivity index (χ2v) is 7.96. The molecule has 2 saturated carbocycles. The van der Waals surface area contributed by atoms with Crippen LogP contribution in [0.25, 0.3) is 0 Å². The third-order valence-corrected chi connectivity index (χ3v) is 6.40. The van der Waals surface area contributed by atoms with E-state index in [1.807, 2.05) is 0 Å². The van der Waals surface area contributed by atoms with Crippen LogP contribution >= 0.6 is 15.9 Å². The lowest BCUT2D eigenvalue weighted by molar-refractivity contribution is -0.0408. The lowest BCUT2D eigenvalue weighted by Crippen LogP contribution is -2.34. The SMILES string of the molecule is CC1CC(C)CC(OCC2(CBr)CCCCCC2)C1. The Kier molecular flexibility index (Phi) is 6.20. The molecular formula is C17H31BrO. The van der Waals surface area contributed by atoms with Crippen molar-refractivity contribution < 1.29 is 4.74 Å². The molecule has 0 spiro atoms. The first-order valence-corrected chi connectivity index (χ1v) is 9.43. The van der Waals surface area contributed by atoms with Crippen molar-refractivity contribution in [1.82, 2.24) is 0 Å². The minimum atomic E-state index is 0.431. The molecule has 0 aromatic carbocycles. The second kappa shape index (κ2) is 7.45. The van der Waals surface area contributed by atoms with E-state index in [0.717, 1.165) is 23.8 Å². The molecule has 0 aromatic rings. The molecule has 2 heteroatoms. The Morgan fingerprint density at radius 2 is 1.53 bits per heavy atom. The molecule has 2 fully saturated rings. The van der Waals surface area contributed by atoms with Gasteiger partial charge in [0.1, 0.15) is 0 Å². The second-order valence-electron chi connectivity index (χ2n) is 7.40. The number of ether oxygens (including phenoxy) is 1. The highest BCUT2D eigenvalue weighted by molar-refractivity contribution is 9.09. The summed E-state index contributed by atoms with van der Waals surface area (Å²) in [5.74, 6) is 1.70. The van der Waals surface area contributed by atoms with Crippen LogP contribution in [0, 0.1) is 17.3 Å². The van der Waals surface area contributed by atoms with E-state index >= 15 is 0 Å². The summed E-state index contributed by atoms with van der Waals surface area (Å²) in [6, 6.07) is 0. The molecule has 2 aliphatic carbocycles. The van der Waals surface area contributed by atoms with Gasteiger partial charge >= 0.3 is 0 Å². The van der Waals surface area contributed by atoms with Gasteiger partial charge in [-0.3, -0.25) is 0 Å². The lowest BCUT2D eigenvalue weighted by Gasteiger charge is -2.36. The normalized spacial score (nSPS) is 35.8. The van der Waals surface area contributed by atoms with E-state index < -0.39 is 0 Å². The number of hydrogen-bond acceptors (Lipinski definition) is 1. The maximum Gasteiger partial charge on any atom is 0.0580 e. The van der Waals surface area contributed by atoms with Gasteiger partial charge in [0.05, 0.1) is 12.7 Å². The van der Waals surface area contributed by atoms with Gasteiger partial charge in [0, 0.05) is 10.7 Å². The van der Waals surface area contributed by atoms with Crippen molar-refractivity contribution in [3.63, 3.8) is 0 Å². The molecule has 112 valence electrons. The van der Waals surface area contributed by atoms with Gasteiger partial charge in [0.25, 0.3) is 0 Å². The van der Waals surface area contributed by atoms with Gasteiger partial charge in [-0.15, -0.1) is 0 Å². The lowest BCUT2D eigenvalue weighted by atomic mass is 9.81. The minimum absolute atomic E-state index is 0.431. The standard InChI is InChI=1S/C17H31BrO/c1-14-9-15(2)11-16(10-14)19-13-17(12-18)7-5-3-4-6-8-17/h14-16H,3-13H2,1-2H3. The van der Waals surface area contributed by atoms with E-state index in [1.54, 1.807) is 0 Å². The third-order valence-electron chi connectivity index (χ3n) is 5.21. The zero-order valence-electron chi connectivity index (χ0n) is 12.8. The fraction of sp³-hybridized carbons (Fsp3) is 1.00. The van der Waals surface area contributed by atoms with Crippen molar-refractivity contribution in [1.29, 1.82) is 0 Å². The van der Waals surface area contributed by atoms with Crippen LogP contribution in [0.4, 0.5) is 0 Å². The maximum absolute atomic E-state index is 6.38. The van der Waals surface area contributed by atoms with Gasteiger partial charge in [-0.2, -0.15) is 0 Å². The largest absolute Gasteiger partial charge is 0.378 e. The topological polar surface area (TPSA) is 9.23 Å². The third kappa shape index (κ3) is 4.74. The Balaban J connectivity index is 1.84. The van der Waals surface area contributed by atoms with E-state index in [-0.39, 0.29) is 0 Å². The number of hydrogen-bond donors (Lipinski definition) is 0. The van der Waals surface area contributed by atoms with Crippen LogP contribution in [0.15, 0.2) is 0 Å². The molecule has 19 heavy (non-hydrogen) atoms. The summed E-state index contributed by atoms with van der Waals surface area (Å²) >= 11 is 3.77. The zero-order valence-corrected chi connectivity index (χ0v) is 14.4. The van der Waals surface area contributed by atoms with E-state index in [9.17, 15) is 0 Å². The smallest absolute Gasteiger partial charge is 0.0580 e. The highest BCUT2D eigenvalue weighted by Gasteiger charge is 2.32. The van der Waals surface area contributed by atoms with Crippen molar-refractivity contribution in [2.75, 3.05) is 11.9 Å². The predicted octanol–water partition coefficient (Wildman–Crippen LogP) is 5.56. The van der Waals surface area contributed by atoms with Crippen molar-refractivity contribution in [3.05, 3.63) is 0 Å². The molecule has 0 heterocycles. The summed E-state index contributed by atoms with van der Waals surface area (Å²) in [4.78, 5) is 0. The Bertz CT molecular complexity index is 248. The summed E-state index contributed by atoms with van der Waals surface area (Å²) in [5.41, 5.74) is 0.431. The first-order valence-electron chi connectivity index (χ1n) is 8.31. The first kappa shape index (κ1) is 15.8. The van der Waals surface area contributed by atoms with Crippen LogP contribution in [-0.4, -0.2) is 18.0 Å². The van der Waals surface area contributed by atoms with Crippen LogP contribution < -0.4 is 0 Å². The van der Waals surface area contributed by atoms with Crippen LogP contribution in [0.2, 0.25) is 0 Å². The van der Waals surface area contributed by atoms with Crippen molar-refractivity contribution in [3.8, 4) is 0 Å². The van der Waals surface area contributed by atoms with Gasteiger partial charge in [-0.25, -0.2) is 0 Å². The molecule has 2 aliphatic rings. The van der Waals surface area contributed by atoms with Gasteiger partial charge in [0.2, 0.25) is 0 Å². The highest BCUT2D eigenvalue weighted by Crippen LogP contribution is 2.38. The highest BCUT2D eigenvalue weighted by atomic mass is 79.9. The van der Waals surface area contributed by atoms with Crippen LogP contribution in [0.5, 0.6) is 0 Å². The summed E-state index contributed by atoms with van der Waals surface area (Å²) in [7, 11) is 0. The summed E-state index contributed by atoms with van der Waals surface area (Å²) in [6.45, 7) is 5.76. The Hall–Kier alpha value is 0.440. The van der Waals surface area contributed by atoms with E-state index in [2.05, 4.69) is 29.8 Å². The Morgan fingerprint density at radius 1 is 0.947 bits per heavy atom. The molecular weight excluding hydrogens is 300 g/mol. The number of alkyl halides is 1. The molecule has 0 radical (unpaired) electrons. The van der Waals surface area contributed by atoms with E-state index in [1.165, 1.54) is 57.8 Å². The van der Waals surface area contributed by atoms with Gasteiger partial charge in [0.15, 0.2) is 0 Å². The van der Waals surface area contributed by atoms with Crippen LogP contribution in [0.3, 0.4) is 0 Å². The van der Waals surface area contributed by atoms with Gasteiger partial charge in [-0.1, -0.05) is 55.5 Å². The van der Waals surface area contributed by atoms with Gasteiger partial charge < -0.3 is 4.74 Å². The first-order chi connectivity index (χ1) is 9.13. The molecule has 0 aliphatic heterocycles. The van der Waals surface area contributed by atoms with Crippen molar-refractivity contribution in [2.24, 2.45) is 17.3 Å². The summed E-state index contributed by atoms with van der Waals surface area (Å²) in [5, 5.41) is 1.12.